The van der Waals surface area contributed by atoms with E-state index in [1.807, 2.05) is 17.5 Å². The molecule has 2 rings (SSSR count). The minimum absolute atomic E-state index is 0.287. The van der Waals surface area contributed by atoms with E-state index in [2.05, 4.69) is 18.7 Å². The predicted molar refractivity (Wildman–Crippen MR) is 63.0 cm³/mol. The second-order valence-corrected chi connectivity index (χ2v) is 5.41. The van der Waals surface area contributed by atoms with Gasteiger partial charge in [0.15, 0.2) is 0 Å². The van der Waals surface area contributed by atoms with Crippen molar-refractivity contribution in [2.75, 3.05) is 0 Å². The summed E-state index contributed by atoms with van der Waals surface area (Å²) in [7, 11) is 0. The van der Waals surface area contributed by atoms with Gasteiger partial charge in [0, 0.05) is 17.0 Å². The van der Waals surface area contributed by atoms with Gasteiger partial charge in [0.05, 0.1) is 6.42 Å². The third-order valence-corrected chi connectivity index (χ3v) is 3.57. The van der Waals surface area contributed by atoms with E-state index in [1.165, 1.54) is 17.7 Å². The highest BCUT2D eigenvalue weighted by Gasteiger charge is 2.33. The van der Waals surface area contributed by atoms with Gasteiger partial charge >= 0.3 is 0 Å². The maximum absolute atomic E-state index is 12.1. The summed E-state index contributed by atoms with van der Waals surface area (Å²) in [5, 5.41) is 2.03. The highest BCUT2D eigenvalue weighted by Crippen LogP contribution is 2.29. The van der Waals surface area contributed by atoms with Crippen LogP contribution < -0.4 is 0 Å². The molecule has 0 radical (unpaired) electrons. The molecule has 1 aliphatic carbocycles. The maximum atomic E-state index is 12.1. The van der Waals surface area contributed by atoms with Crippen molar-refractivity contribution in [3.8, 4) is 0 Å². The van der Waals surface area contributed by atoms with E-state index in [-0.39, 0.29) is 5.91 Å². The third kappa shape index (κ3) is 2.59. The van der Waals surface area contributed by atoms with Crippen LogP contribution in [-0.4, -0.2) is 22.9 Å². The molecule has 0 bridgehead atoms. The summed E-state index contributed by atoms with van der Waals surface area (Å²) in [5.74, 6) is 0.287. The molecule has 0 aliphatic heterocycles. The van der Waals surface area contributed by atoms with Gasteiger partial charge in [-0.1, -0.05) is 6.07 Å². The van der Waals surface area contributed by atoms with E-state index >= 15 is 0 Å². The van der Waals surface area contributed by atoms with Gasteiger partial charge in [-0.15, -0.1) is 11.3 Å². The molecule has 0 saturated heterocycles. The van der Waals surface area contributed by atoms with Crippen molar-refractivity contribution in [2.45, 2.75) is 45.2 Å². The molecule has 1 saturated carbocycles. The number of nitrogens with zero attached hydrogens (tertiary/aromatic N) is 1. The lowest BCUT2D eigenvalue weighted by Gasteiger charge is -2.26. The van der Waals surface area contributed by atoms with Gasteiger partial charge in [-0.2, -0.15) is 0 Å². The van der Waals surface area contributed by atoms with Gasteiger partial charge < -0.3 is 4.90 Å². The largest absolute Gasteiger partial charge is 0.337 e. The summed E-state index contributed by atoms with van der Waals surface area (Å²) in [6, 6.07) is 4.90. The maximum Gasteiger partial charge on any atom is 0.228 e. The lowest BCUT2D eigenvalue weighted by molar-refractivity contribution is -0.132. The van der Waals surface area contributed by atoms with E-state index in [1.54, 1.807) is 11.3 Å². The molecule has 2 nitrogen and oxygen atoms in total. The Balaban J connectivity index is 1.99. The lowest BCUT2D eigenvalue weighted by atomic mass is 10.2. The molecule has 1 heterocycles. The fourth-order valence-electron chi connectivity index (χ4n) is 1.92. The molecule has 0 N–H and O–H groups in total. The summed E-state index contributed by atoms with van der Waals surface area (Å²) < 4.78 is 0. The van der Waals surface area contributed by atoms with Crippen molar-refractivity contribution in [3.63, 3.8) is 0 Å². The van der Waals surface area contributed by atoms with Crippen molar-refractivity contribution in [3.05, 3.63) is 22.4 Å². The zero-order valence-corrected chi connectivity index (χ0v) is 10.1. The smallest absolute Gasteiger partial charge is 0.228 e. The minimum Gasteiger partial charge on any atom is -0.337 e. The number of rotatable bonds is 4. The topological polar surface area (TPSA) is 20.3 Å². The molecule has 82 valence electrons. The van der Waals surface area contributed by atoms with Crippen LogP contribution in [0.5, 0.6) is 0 Å². The average molecular weight is 223 g/mol. The van der Waals surface area contributed by atoms with Crippen LogP contribution in [0.4, 0.5) is 0 Å². The number of hydrogen-bond donors (Lipinski definition) is 0. The van der Waals surface area contributed by atoms with Gasteiger partial charge in [-0.3, -0.25) is 4.79 Å². The molecule has 1 fully saturated rings. The van der Waals surface area contributed by atoms with E-state index in [0.29, 0.717) is 18.5 Å². The molecule has 1 amide bonds. The monoisotopic (exact) mass is 223 g/mol. The summed E-state index contributed by atoms with van der Waals surface area (Å²) >= 11 is 1.66. The van der Waals surface area contributed by atoms with E-state index in [4.69, 9.17) is 0 Å². The zero-order chi connectivity index (χ0) is 10.8. The molecule has 1 aliphatic rings. The molecular weight excluding hydrogens is 206 g/mol. The van der Waals surface area contributed by atoms with Gasteiger partial charge in [-0.05, 0) is 38.1 Å². The highest BCUT2D eigenvalue weighted by atomic mass is 32.1. The highest BCUT2D eigenvalue weighted by molar-refractivity contribution is 7.10. The average Bonchev–Trinajstić information content (AvgIpc) is 2.83. The van der Waals surface area contributed by atoms with Crippen LogP contribution in [0.3, 0.4) is 0 Å². The minimum atomic E-state index is 0.287. The van der Waals surface area contributed by atoms with Crippen LogP contribution in [0.25, 0.3) is 0 Å². The second-order valence-electron chi connectivity index (χ2n) is 4.38. The quantitative estimate of drug-likeness (QED) is 0.768. The van der Waals surface area contributed by atoms with Crippen LogP contribution in [-0.2, 0) is 11.2 Å². The van der Waals surface area contributed by atoms with Crippen LogP contribution in [0.15, 0.2) is 17.5 Å². The van der Waals surface area contributed by atoms with E-state index in [0.717, 1.165) is 0 Å². The molecule has 0 aromatic carbocycles. The van der Waals surface area contributed by atoms with Crippen molar-refractivity contribution < 1.29 is 4.79 Å². The van der Waals surface area contributed by atoms with Crippen LogP contribution in [0.2, 0.25) is 0 Å². The Bertz CT molecular complexity index is 325. The first-order chi connectivity index (χ1) is 7.18. The molecule has 1 aromatic heterocycles. The van der Waals surface area contributed by atoms with Gasteiger partial charge in [0.25, 0.3) is 0 Å². The van der Waals surface area contributed by atoms with Gasteiger partial charge in [-0.25, -0.2) is 0 Å². The zero-order valence-electron chi connectivity index (χ0n) is 9.27. The normalized spacial score (nSPS) is 15.7. The Morgan fingerprint density at radius 2 is 2.33 bits per heavy atom. The van der Waals surface area contributed by atoms with Crippen LogP contribution in [0.1, 0.15) is 31.6 Å². The Hall–Kier alpha value is -0.830. The number of carbonyl (C=O) groups excluding carboxylic acids is 1. The molecule has 0 unspecified atom stereocenters. The summed E-state index contributed by atoms with van der Waals surface area (Å²) in [5.41, 5.74) is 0. The molecule has 0 atom stereocenters. The number of thiophene rings is 1. The molecular formula is C12H17NOS. The number of carbonyl (C=O) groups is 1. The summed E-state index contributed by atoms with van der Waals surface area (Å²) in [4.78, 5) is 15.3. The number of hydrogen-bond acceptors (Lipinski definition) is 2. The fraction of sp³-hybridized carbons (Fsp3) is 0.583. The fourth-order valence-corrected chi connectivity index (χ4v) is 2.62. The standard InChI is InChI=1S/C12H17NOS/c1-9(2)13(10-5-6-10)12(14)8-11-4-3-7-15-11/h3-4,7,9-10H,5-6,8H2,1-2H3. The van der Waals surface area contributed by atoms with Gasteiger partial charge in [0.1, 0.15) is 0 Å². The summed E-state index contributed by atoms with van der Waals surface area (Å²) in [6.45, 7) is 4.20. The molecule has 3 heteroatoms. The summed E-state index contributed by atoms with van der Waals surface area (Å²) in [6.07, 6.45) is 2.95. The van der Waals surface area contributed by atoms with Crippen molar-refractivity contribution in [1.82, 2.24) is 4.90 Å². The van der Waals surface area contributed by atoms with Crippen molar-refractivity contribution >= 4 is 17.2 Å². The Morgan fingerprint density at radius 1 is 1.60 bits per heavy atom. The molecule has 0 spiro atoms. The predicted octanol–water partition coefficient (Wildman–Crippen LogP) is 2.69. The SMILES string of the molecule is CC(C)N(C(=O)Cc1cccs1)C1CC1. The molecule has 15 heavy (non-hydrogen) atoms. The van der Waals surface area contributed by atoms with Crippen LogP contribution in [0, 0.1) is 0 Å². The Kier molecular flexibility index (Phi) is 3.10. The first-order valence-electron chi connectivity index (χ1n) is 5.52. The van der Waals surface area contributed by atoms with E-state index < -0.39 is 0 Å². The second kappa shape index (κ2) is 4.35. The van der Waals surface area contributed by atoms with Crippen molar-refractivity contribution in [2.24, 2.45) is 0 Å². The Labute approximate surface area is 94.9 Å². The van der Waals surface area contributed by atoms with E-state index in [9.17, 15) is 4.79 Å². The number of amides is 1. The Morgan fingerprint density at radius 3 is 2.80 bits per heavy atom. The lowest BCUT2D eigenvalue weighted by Crippen LogP contribution is -2.39. The molecule has 1 aromatic rings. The van der Waals surface area contributed by atoms with Gasteiger partial charge in [0.2, 0.25) is 5.91 Å². The first-order valence-corrected chi connectivity index (χ1v) is 6.40. The van der Waals surface area contributed by atoms with Crippen molar-refractivity contribution in [1.29, 1.82) is 0 Å². The third-order valence-electron chi connectivity index (χ3n) is 2.69. The van der Waals surface area contributed by atoms with Crippen LogP contribution >= 0.6 is 11.3 Å². The first kappa shape index (κ1) is 10.7.